The Kier molecular flexibility index (Phi) is 6.36. The van der Waals surface area contributed by atoms with Crippen LogP contribution in [0.1, 0.15) is 19.4 Å². The van der Waals surface area contributed by atoms with Crippen LogP contribution in [0.5, 0.6) is 0 Å². The van der Waals surface area contributed by atoms with E-state index in [9.17, 15) is 0 Å². The molecule has 0 aliphatic rings. The average Bonchev–Trinajstić information content (AvgIpc) is 2.32. The van der Waals surface area contributed by atoms with Gasteiger partial charge in [-0.15, -0.1) is 0 Å². The number of nitrogens with zero attached hydrogens (tertiary/aromatic N) is 1. The van der Waals surface area contributed by atoms with Gasteiger partial charge in [0.2, 0.25) is 0 Å². The van der Waals surface area contributed by atoms with Crippen molar-refractivity contribution in [2.45, 2.75) is 20.4 Å². The van der Waals surface area contributed by atoms with E-state index < -0.39 is 0 Å². The van der Waals surface area contributed by atoms with Crippen LogP contribution >= 0.6 is 35.4 Å². The molecule has 0 aliphatic carbocycles. The zero-order valence-corrected chi connectivity index (χ0v) is 12.9. The van der Waals surface area contributed by atoms with Crippen molar-refractivity contribution in [2.24, 2.45) is 11.7 Å². The number of halogens is 2. The van der Waals surface area contributed by atoms with Gasteiger partial charge in [-0.3, -0.25) is 4.90 Å². The van der Waals surface area contributed by atoms with Gasteiger partial charge in [-0.1, -0.05) is 49.3 Å². The third kappa shape index (κ3) is 4.73. The molecule has 1 rings (SSSR count). The predicted octanol–water partition coefficient (Wildman–Crippen LogP) is 3.74. The molecule has 0 aliphatic heterocycles. The number of hydrogen-bond donors (Lipinski definition) is 1. The molecule has 1 unspecified atom stereocenters. The van der Waals surface area contributed by atoms with Crippen LogP contribution < -0.4 is 5.73 Å². The highest BCUT2D eigenvalue weighted by Gasteiger charge is 2.13. The van der Waals surface area contributed by atoms with E-state index in [2.05, 4.69) is 11.8 Å². The Morgan fingerprint density at radius 2 is 2.11 bits per heavy atom. The van der Waals surface area contributed by atoms with E-state index in [1.54, 1.807) is 6.07 Å². The summed E-state index contributed by atoms with van der Waals surface area (Å²) in [5, 5.41) is 1.44. The van der Waals surface area contributed by atoms with E-state index in [1.807, 2.05) is 19.1 Å². The van der Waals surface area contributed by atoms with E-state index in [4.69, 9.17) is 41.2 Å². The zero-order valence-electron chi connectivity index (χ0n) is 10.6. The third-order valence-corrected chi connectivity index (χ3v) is 3.87. The van der Waals surface area contributed by atoms with Gasteiger partial charge in [0.25, 0.3) is 0 Å². The van der Waals surface area contributed by atoms with Gasteiger partial charge in [0.15, 0.2) is 0 Å². The number of thiocarbonyl (C=S) groups is 1. The van der Waals surface area contributed by atoms with E-state index in [-0.39, 0.29) is 5.92 Å². The lowest BCUT2D eigenvalue weighted by atomic mass is 10.1. The Morgan fingerprint density at radius 3 is 2.67 bits per heavy atom. The second-order valence-corrected chi connectivity index (χ2v) is 5.68. The number of rotatable bonds is 6. The highest BCUT2D eigenvalue weighted by atomic mass is 35.5. The molecule has 1 atom stereocenters. The molecular formula is C13H18Cl2N2S. The summed E-state index contributed by atoms with van der Waals surface area (Å²) >= 11 is 17.1. The fraction of sp³-hybridized carbons (Fsp3) is 0.462. The maximum atomic E-state index is 6.16. The molecule has 18 heavy (non-hydrogen) atoms. The van der Waals surface area contributed by atoms with Gasteiger partial charge in [0, 0.05) is 29.1 Å². The molecule has 0 aromatic heterocycles. The van der Waals surface area contributed by atoms with Crippen LogP contribution in [-0.4, -0.2) is 23.0 Å². The first kappa shape index (κ1) is 15.7. The Balaban J connectivity index is 2.73. The molecule has 5 heteroatoms. The Labute approximate surface area is 124 Å². The van der Waals surface area contributed by atoms with Crippen molar-refractivity contribution in [1.82, 2.24) is 4.90 Å². The van der Waals surface area contributed by atoms with Gasteiger partial charge in [-0.2, -0.15) is 0 Å². The fourth-order valence-electron chi connectivity index (χ4n) is 1.69. The van der Waals surface area contributed by atoms with Gasteiger partial charge in [-0.05, 0) is 30.3 Å². The van der Waals surface area contributed by atoms with E-state index in [0.29, 0.717) is 10.0 Å². The van der Waals surface area contributed by atoms with Gasteiger partial charge in [-0.25, -0.2) is 0 Å². The van der Waals surface area contributed by atoms with Gasteiger partial charge in [0.05, 0.1) is 4.99 Å². The fourth-order valence-corrected chi connectivity index (χ4v) is 2.13. The average molecular weight is 305 g/mol. The lowest BCUT2D eigenvalue weighted by Gasteiger charge is -2.24. The molecule has 0 bridgehead atoms. The van der Waals surface area contributed by atoms with Crippen LogP contribution in [0.15, 0.2) is 18.2 Å². The molecule has 0 saturated heterocycles. The Morgan fingerprint density at radius 1 is 1.44 bits per heavy atom. The second-order valence-electron chi connectivity index (χ2n) is 4.37. The van der Waals surface area contributed by atoms with Crippen molar-refractivity contribution in [3.8, 4) is 0 Å². The van der Waals surface area contributed by atoms with Crippen molar-refractivity contribution >= 4 is 40.4 Å². The molecule has 100 valence electrons. The largest absolute Gasteiger partial charge is 0.393 e. The predicted molar refractivity (Wildman–Crippen MR) is 83.4 cm³/mol. The molecular weight excluding hydrogens is 287 g/mol. The molecule has 2 nitrogen and oxygen atoms in total. The van der Waals surface area contributed by atoms with Crippen molar-refractivity contribution in [1.29, 1.82) is 0 Å². The van der Waals surface area contributed by atoms with Crippen LogP contribution in [0.2, 0.25) is 10.0 Å². The molecule has 0 spiro atoms. The minimum absolute atomic E-state index is 0.193. The monoisotopic (exact) mass is 304 g/mol. The highest BCUT2D eigenvalue weighted by Crippen LogP contribution is 2.22. The number of benzene rings is 1. The maximum absolute atomic E-state index is 6.16. The first-order chi connectivity index (χ1) is 8.43. The smallest absolute Gasteiger partial charge is 0.0768 e. The molecule has 0 radical (unpaired) electrons. The normalized spacial score (nSPS) is 12.7. The molecule has 0 saturated carbocycles. The van der Waals surface area contributed by atoms with Crippen molar-refractivity contribution < 1.29 is 0 Å². The van der Waals surface area contributed by atoms with E-state index in [1.165, 1.54) is 0 Å². The third-order valence-electron chi connectivity index (χ3n) is 2.87. The van der Waals surface area contributed by atoms with E-state index >= 15 is 0 Å². The molecule has 0 heterocycles. The first-order valence-corrected chi connectivity index (χ1v) is 7.06. The lowest BCUT2D eigenvalue weighted by molar-refractivity contribution is 0.264. The van der Waals surface area contributed by atoms with Crippen molar-refractivity contribution in [2.75, 3.05) is 13.1 Å². The summed E-state index contributed by atoms with van der Waals surface area (Å²) in [7, 11) is 0. The van der Waals surface area contributed by atoms with Crippen molar-refractivity contribution in [3.05, 3.63) is 33.8 Å². The summed E-state index contributed by atoms with van der Waals surface area (Å²) in [4.78, 5) is 2.80. The standard InChI is InChI=1S/C13H18Cl2N2S/c1-3-17(7-9(2)13(16)18)8-10-6-11(14)4-5-12(10)15/h4-6,9H,3,7-8H2,1-2H3,(H2,16,18). The highest BCUT2D eigenvalue weighted by molar-refractivity contribution is 7.80. The number of hydrogen-bond acceptors (Lipinski definition) is 2. The van der Waals surface area contributed by atoms with Crippen LogP contribution in [-0.2, 0) is 6.54 Å². The molecule has 0 fully saturated rings. The molecule has 1 aromatic carbocycles. The summed E-state index contributed by atoms with van der Waals surface area (Å²) in [5.74, 6) is 0.193. The summed E-state index contributed by atoms with van der Waals surface area (Å²) in [6.45, 7) is 6.63. The van der Waals surface area contributed by atoms with E-state index in [0.717, 1.165) is 30.2 Å². The molecule has 0 amide bonds. The maximum Gasteiger partial charge on any atom is 0.0768 e. The molecule has 2 N–H and O–H groups in total. The quantitative estimate of drug-likeness (QED) is 0.812. The summed E-state index contributed by atoms with van der Waals surface area (Å²) in [5.41, 5.74) is 6.67. The topological polar surface area (TPSA) is 29.3 Å². The SMILES string of the molecule is CCN(Cc1cc(Cl)ccc1Cl)CC(C)C(N)=S. The van der Waals surface area contributed by atoms with Crippen LogP contribution in [0, 0.1) is 5.92 Å². The summed E-state index contributed by atoms with van der Waals surface area (Å²) < 4.78 is 0. The van der Waals surface area contributed by atoms with Crippen LogP contribution in [0.25, 0.3) is 0 Å². The van der Waals surface area contributed by atoms with Crippen molar-refractivity contribution in [3.63, 3.8) is 0 Å². The van der Waals surface area contributed by atoms with Gasteiger partial charge in [0.1, 0.15) is 0 Å². The van der Waals surface area contributed by atoms with Crippen LogP contribution in [0.3, 0.4) is 0 Å². The Hall–Kier alpha value is -0.350. The Bertz CT molecular complexity index is 423. The zero-order chi connectivity index (χ0) is 13.7. The summed E-state index contributed by atoms with van der Waals surface area (Å²) in [6.07, 6.45) is 0. The second kappa shape index (κ2) is 7.29. The number of nitrogens with two attached hydrogens (primary N) is 1. The summed E-state index contributed by atoms with van der Waals surface area (Å²) in [6, 6.07) is 5.52. The van der Waals surface area contributed by atoms with Gasteiger partial charge < -0.3 is 5.73 Å². The first-order valence-electron chi connectivity index (χ1n) is 5.89. The van der Waals surface area contributed by atoms with Crippen LogP contribution in [0.4, 0.5) is 0 Å². The minimum atomic E-state index is 0.193. The minimum Gasteiger partial charge on any atom is -0.393 e. The lowest BCUT2D eigenvalue weighted by Crippen LogP contribution is -2.33. The molecule has 1 aromatic rings. The van der Waals surface area contributed by atoms with Gasteiger partial charge >= 0.3 is 0 Å².